The third-order valence-electron chi connectivity index (χ3n) is 3.49. The van der Waals surface area contributed by atoms with Gasteiger partial charge in [0.05, 0.1) is 0 Å². The second-order valence-electron chi connectivity index (χ2n) is 4.69. The van der Waals surface area contributed by atoms with Crippen LogP contribution >= 0.6 is 11.6 Å². The van der Waals surface area contributed by atoms with Crippen LogP contribution in [0.4, 0.5) is 0 Å². The zero-order chi connectivity index (χ0) is 12.1. The van der Waals surface area contributed by atoms with Crippen LogP contribution in [0.25, 0.3) is 0 Å². The molecule has 0 aliphatic carbocycles. The summed E-state index contributed by atoms with van der Waals surface area (Å²) in [6.07, 6.45) is 2.61. The van der Waals surface area contributed by atoms with E-state index in [1.165, 1.54) is 24.9 Å². The average Bonchev–Trinajstić information content (AvgIpc) is 2.39. The maximum Gasteiger partial charge on any atom is 0.0406 e. The Bertz CT molecular complexity index is 331. The Labute approximate surface area is 109 Å². The third-order valence-corrected chi connectivity index (χ3v) is 3.74. The molecule has 94 valence electrons. The van der Waals surface area contributed by atoms with Crippen LogP contribution in [-0.2, 0) is 6.54 Å². The quantitative estimate of drug-likeness (QED) is 0.887. The van der Waals surface area contributed by atoms with Crippen molar-refractivity contribution in [3.05, 3.63) is 34.9 Å². The van der Waals surface area contributed by atoms with Crippen molar-refractivity contribution in [2.24, 2.45) is 0 Å². The molecule has 0 radical (unpaired) electrons. The van der Waals surface area contributed by atoms with Crippen molar-refractivity contribution in [1.82, 2.24) is 10.2 Å². The van der Waals surface area contributed by atoms with Crippen molar-refractivity contribution >= 4 is 11.6 Å². The Kier molecular flexibility index (Phi) is 4.84. The van der Waals surface area contributed by atoms with Crippen LogP contribution in [0.5, 0.6) is 0 Å². The molecule has 1 fully saturated rings. The number of likely N-dealkylation sites (N-methyl/N-ethyl adjacent to an activating group) is 1. The van der Waals surface area contributed by atoms with E-state index in [0.717, 1.165) is 24.7 Å². The summed E-state index contributed by atoms with van der Waals surface area (Å²) in [7, 11) is 0. The molecular formula is C14H21ClN2. The number of piperidine rings is 1. The molecule has 2 rings (SSSR count). The first kappa shape index (κ1) is 12.9. The van der Waals surface area contributed by atoms with E-state index < -0.39 is 0 Å². The zero-order valence-corrected chi connectivity index (χ0v) is 11.2. The lowest BCUT2D eigenvalue weighted by Crippen LogP contribution is -2.45. The average molecular weight is 253 g/mol. The lowest BCUT2D eigenvalue weighted by atomic mass is 10.0. The van der Waals surface area contributed by atoms with Gasteiger partial charge in [-0.15, -0.1) is 0 Å². The number of hydrogen-bond donors (Lipinski definition) is 1. The number of rotatable bonds is 4. The molecule has 0 aromatic heterocycles. The molecule has 0 bridgehead atoms. The maximum absolute atomic E-state index is 5.91. The zero-order valence-electron chi connectivity index (χ0n) is 10.5. The summed E-state index contributed by atoms with van der Waals surface area (Å²) >= 11 is 5.91. The second-order valence-corrected chi connectivity index (χ2v) is 5.13. The molecule has 1 saturated heterocycles. The van der Waals surface area contributed by atoms with Gasteiger partial charge in [0, 0.05) is 24.2 Å². The van der Waals surface area contributed by atoms with Gasteiger partial charge in [-0.25, -0.2) is 0 Å². The van der Waals surface area contributed by atoms with Crippen LogP contribution in [0, 0.1) is 0 Å². The normalized spacial score (nSPS) is 20.8. The van der Waals surface area contributed by atoms with Crippen molar-refractivity contribution in [3.63, 3.8) is 0 Å². The Morgan fingerprint density at radius 2 is 2.12 bits per heavy atom. The van der Waals surface area contributed by atoms with Crippen LogP contribution in [0.1, 0.15) is 25.3 Å². The molecule has 17 heavy (non-hydrogen) atoms. The minimum Gasteiger partial charge on any atom is -0.315 e. The van der Waals surface area contributed by atoms with E-state index in [1.807, 2.05) is 12.1 Å². The van der Waals surface area contributed by atoms with Gasteiger partial charge in [0.1, 0.15) is 0 Å². The fourth-order valence-electron chi connectivity index (χ4n) is 2.47. The minimum atomic E-state index is 0.685. The number of nitrogens with one attached hydrogen (secondary N) is 1. The molecule has 1 aromatic carbocycles. The van der Waals surface area contributed by atoms with Gasteiger partial charge in [-0.1, -0.05) is 30.7 Å². The van der Waals surface area contributed by atoms with Crippen molar-refractivity contribution in [2.45, 2.75) is 32.4 Å². The predicted molar refractivity (Wildman–Crippen MR) is 73.4 cm³/mol. The first-order chi connectivity index (χ1) is 8.29. The summed E-state index contributed by atoms with van der Waals surface area (Å²) in [5.41, 5.74) is 1.35. The van der Waals surface area contributed by atoms with Crippen molar-refractivity contribution in [2.75, 3.05) is 19.6 Å². The number of halogens is 1. The van der Waals surface area contributed by atoms with Gasteiger partial charge >= 0.3 is 0 Å². The van der Waals surface area contributed by atoms with Crippen LogP contribution in [0.15, 0.2) is 24.3 Å². The monoisotopic (exact) mass is 252 g/mol. The summed E-state index contributed by atoms with van der Waals surface area (Å²) < 4.78 is 0. The van der Waals surface area contributed by atoms with Crippen LogP contribution in [0.3, 0.4) is 0 Å². The fourth-order valence-corrected chi connectivity index (χ4v) is 2.59. The number of benzene rings is 1. The smallest absolute Gasteiger partial charge is 0.0406 e. The lowest BCUT2D eigenvalue weighted by Gasteiger charge is -2.34. The van der Waals surface area contributed by atoms with Gasteiger partial charge in [0.25, 0.3) is 0 Å². The SMILES string of the molecule is CCN(Cc1ccc(Cl)cc1)C1CCCNC1. The predicted octanol–water partition coefficient (Wildman–Crippen LogP) is 2.91. The van der Waals surface area contributed by atoms with E-state index in [2.05, 4.69) is 29.3 Å². The summed E-state index contributed by atoms with van der Waals surface area (Å²) in [5, 5.41) is 4.30. The molecular weight excluding hydrogens is 232 g/mol. The molecule has 1 aliphatic rings. The number of nitrogens with zero attached hydrogens (tertiary/aromatic N) is 1. The Morgan fingerprint density at radius 1 is 1.35 bits per heavy atom. The van der Waals surface area contributed by atoms with E-state index in [9.17, 15) is 0 Å². The highest BCUT2D eigenvalue weighted by atomic mass is 35.5. The van der Waals surface area contributed by atoms with E-state index in [1.54, 1.807) is 0 Å². The molecule has 1 heterocycles. The van der Waals surface area contributed by atoms with Gasteiger partial charge in [-0.2, -0.15) is 0 Å². The van der Waals surface area contributed by atoms with E-state index >= 15 is 0 Å². The van der Waals surface area contributed by atoms with Gasteiger partial charge in [-0.3, -0.25) is 4.90 Å². The standard InChI is InChI=1S/C14H21ClN2/c1-2-17(14-4-3-9-16-10-14)11-12-5-7-13(15)8-6-12/h5-8,14,16H,2-4,9-11H2,1H3. The Morgan fingerprint density at radius 3 is 2.71 bits per heavy atom. The minimum absolute atomic E-state index is 0.685. The highest BCUT2D eigenvalue weighted by Crippen LogP contribution is 2.16. The van der Waals surface area contributed by atoms with E-state index in [4.69, 9.17) is 11.6 Å². The highest BCUT2D eigenvalue weighted by molar-refractivity contribution is 6.30. The summed E-state index contributed by atoms with van der Waals surface area (Å²) in [6.45, 7) is 6.68. The van der Waals surface area contributed by atoms with Gasteiger partial charge in [-0.05, 0) is 43.6 Å². The van der Waals surface area contributed by atoms with Crippen LogP contribution in [0.2, 0.25) is 5.02 Å². The molecule has 0 spiro atoms. The third kappa shape index (κ3) is 3.70. The van der Waals surface area contributed by atoms with Crippen molar-refractivity contribution in [1.29, 1.82) is 0 Å². The van der Waals surface area contributed by atoms with Crippen LogP contribution < -0.4 is 5.32 Å². The first-order valence-electron chi connectivity index (χ1n) is 6.49. The molecule has 1 aromatic rings. The molecule has 1 N–H and O–H groups in total. The molecule has 3 heteroatoms. The second kappa shape index (κ2) is 6.39. The maximum atomic E-state index is 5.91. The topological polar surface area (TPSA) is 15.3 Å². The first-order valence-corrected chi connectivity index (χ1v) is 6.86. The molecule has 0 amide bonds. The largest absolute Gasteiger partial charge is 0.315 e. The molecule has 2 nitrogen and oxygen atoms in total. The summed E-state index contributed by atoms with van der Waals surface area (Å²) in [5.74, 6) is 0. The van der Waals surface area contributed by atoms with E-state index in [0.29, 0.717) is 6.04 Å². The fraction of sp³-hybridized carbons (Fsp3) is 0.571. The molecule has 0 saturated carbocycles. The van der Waals surface area contributed by atoms with Gasteiger partial charge < -0.3 is 5.32 Å². The molecule has 1 unspecified atom stereocenters. The molecule has 1 aliphatic heterocycles. The summed E-state index contributed by atoms with van der Waals surface area (Å²) in [6, 6.07) is 8.89. The lowest BCUT2D eigenvalue weighted by molar-refractivity contribution is 0.166. The Balaban J connectivity index is 1.96. The summed E-state index contributed by atoms with van der Waals surface area (Å²) in [4.78, 5) is 2.55. The van der Waals surface area contributed by atoms with E-state index in [-0.39, 0.29) is 0 Å². The molecule has 1 atom stereocenters. The van der Waals surface area contributed by atoms with Crippen molar-refractivity contribution in [3.8, 4) is 0 Å². The van der Waals surface area contributed by atoms with Gasteiger partial charge in [0.2, 0.25) is 0 Å². The van der Waals surface area contributed by atoms with Crippen molar-refractivity contribution < 1.29 is 0 Å². The Hall–Kier alpha value is -0.570. The number of hydrogen-bond acceptors (Lipinski definition) is 2. The van der Waals surface area contributed by atoms with Crippen LogP contribution in [-0.4, -0.2) is 30.6 Å². The van der Waals surface area contributed by atoms with Gasteiger partial charge in [0.15, 0.2) is 0 Å². The highest BCUT2D eigenvalue weighted by Gasteiger charge is 2.19.